The van der Waals surface area contributed by atoms with Gasteiger partial charge in [0.1, 0.15) is 0 Å². The zero-order valence-electron chi connectivity index (χ0n) is 9.69. The molecule has 0 aliphatic carbocycles. The molecule has 1 N–H and O–H groups in total. The van der Waals surface area contributed by atoms with Gasteiger partial charge in [-0.2, -0.15) is 0 Å². The van der Waals surface area contributed by atoms with Gasteiger partial charge >= 0.3 is 0 Å². The lowest BCUT2D eigenvalue weighted by Gasteiger charge is -2.15. The topological polar surface area (TPSA) is 24.9 Å². The van der Waals surface area contributed by atoms with Gasteiger partial charge in [0, 0.05) is 29.2 Å². The molecule has 0 aromatic carbocycles. The quantitative estimate of drug-likeness (QED) is 0.908. The van der Waals surface area contributed by atoms with Crippen molar-refractivity contribution in [3.8, 4) is 0 Å². The molecule has 2 aromatic heterocycles. The van der Waals surface area contributed by atoms with Crippen LogP contribution in [0.4, 0.5) is 0 Å². The van der Waals surface area contributed by atoms with E-state index in [0.717, 1.165) is 18.7 Å². The lowest BCUT2D eigenvalue weighted by atomic mass is 10.1. The van der Waals surface area contributed by atoms with Gasteiger partial charge in [-0.15, -0.1) is 11.3 Å². The van der Waals surface area contributed by atoms with Crippen molar-refractivity contribution in [2.75, 3.05) is 6.54 Å². The van der Waals surface area contributed by atoms with E-state index in [1.165, 1.54) is 8.66 Å². The summed E-state index contributed by atoms with van der Waals surface area (Å²) in [6, 6.07) is 10.7. The van der Waals surface area contributed by atoms with E-state index in [1.54, 1.807) is 11.3 Å². The van der Waals surface area contributed by atoms with Crippen LogP contribution < -0.4 is 5.32 Å². The summed E-state index contributed by atoms with van der Waals surface area (Å²) in [6.45, 7) is 3.10. The van der Waals surface area contributed by atoms with Crippen molar-refractivity contribution in [2.45, 2.75) is 19.4 Å². The number of hydrogen-bond donors (Lipinski definition) is 1. The molecule has 2 rings (SSSR count). The predicted molar refractivity (Wildman–Crippen MR) is 76.4 cm³/mol. The average molecular weight is 311 g/mol. The fraction of sp³-hybridized carbons (Fsp3) is 0.308. The molecular formula is C13H15BrN2S. The molecule has 4 heteroatoms. The van der Waals surface area contributed by atoms with E-state index in [2.05, 4.69) is 51.4 Å². The Morgan fingerprint density at radius 2 is 2.24 bits per heavy atom. The zero-order chi connectivity index (χ0) is 12.1. The van der Waals surface area contributed by atoms with Gasteiger partial charge in [-0.3, -0.25) is 4.98 Å². The van der Waals surface area contributed by atoms with Crippen LogP contribution in [-0.2, 0) is 6.42 Å². The lowest BCUT2D eigenvalue weighted by molar-refractivity contribution is 0.552. The van der Waals surface area contributed by atoms with Crippen LogP contribution >= 0.6 is 27.3 Å². The molecule has 0 radical (unpaired) electrons. The Morgan fingerprint density at radius 1 is 1.35 bits per heavy atom. The zero-order valence-corrected chi connectivity index (χ0v) is 12.1. The normalized spacial score (nSPS) is 12.6. The number of nitrogens with zero attached hydrogens (tertiary/aromatic N) is 1. The molecule has 17 heavy (non-hydrogen) atoms. The number of likely N-dealkylation sites (N-methyl/N-ethyl adjacent to an activating group) is 1. The Morgan fingerprint density at radius 3 is 2.82 bits per heavy atom. The first-order valence-electron chi connectivity index (χ1n) is 5.68. The molecule has 1 atom stereocenters. The standard InChI is InChI=1S/C13H15BrN2S/c1-2-15-11(12-6-7-13(14)17-12)9-10-5-3-4-8-16-10/h3-8,11,15H,2,9H2,1H3. The molecule has 0 amide bonds. The van der Waals surface area contributed by atoms with E-state index < -0.39 is 0 Å². The van der Waals surface area contributed by atoms with E-state index >= 15 is 0 Å². The minimum Gasteiger partial charge on any atom is -0.309 e. The monoisotopic (exact) mass is 310 g/mol. The second kappa shape index (κ2) is 6.28. The van der Waals surface area contributed by atoms with Crippen LogP contribution in [0.25, 0.3) is 0 Å². The molecule has 0 aliphatic rings. The molecule has 0 bridgehead atoms. The maximum Gasteiger partial charge on any atom is 0.0701 e. The summed E-state index contributed by atoms with van der Waals surface area (Å²) >= 11 is 5.29. The third kappa shape index (κ3) is 3.63. The molecule has 90 valence electrons. The molecule has 0 saturated carbocycles. The number of rotatable bonds is 5. The van der Waals surface area contributed by atoms with Gasteiger partial charge in [0.15, 0.2) is 0 Å². The van der Waals surface area contributed by atoms with Gasteiger partial charge < -0.3 is 5.32 Å². The van der Waals surface area contributed by atoms with E-state index in [1.807, 2.05) is 18.3 Å². The molecule has 1 unspecified atom stereocenters. The Labute approximate surface area is 114 Å². The summed E-state index contributed by atoms with van der Waals surface area (Å²) in [4.78, 5) is 5.74. The lowest BCUT2D eigenvalue weighted by Crippen LogP contribution is -2.22. The van der Waals surface area contributed by atoms with Gasteiger partial charge in [-0.05, 0) is 46.7 Å². The summed E-state index contributed by atoms with van der Waals surface area (Å²) in [5.41, 5.74) is 1.13. The van der Waals surface area contributed by atoms with Crippen LogP contribution in [0.3, 0.4) is 0 Å². The van der Waals surface area contributed by atoms with E-state index in [0.29, 0.717) is 6.04 Å². The fourth-order valence-electron chi connectivity index (χ4n) is 1.76. The molecule has 2 aromatic rings. The third-order valence-electron chi connectivity index (χ3n) is 2.53. The number of hydrogen-bond acceptors (Lipinski definition) is 3. The maximum absolute atomic E-state index is 4.39. The molecule has 2 nitrogen and oxygen atoms in total. The Bertz CT molecular complexity index is 455. The molecule has 0 spiro atoms. The van der Waals surface area contributed by atoms with Crippen molar-refractivity contribution < 1.29 is 0 Å². The Balaban J connectivity index is 2.13. The summed E-state index contributed by atoms with van der Waals surface area (Å²) < 4.78 is 1.18. The van der Waals surface area contributed by atoms with Crippen molar-refractivity contribution in [1.82, 2.24) is 10.3 Å². The van der Waals surface area contributed by atoms with Crippen molar-refractivity contribution in [3.05, 3.63) is 50.9 Å². The van der Waals surface area contributed by atoms with Crippen LogP contribution in [0.15, 0.2) is 40.3 Å². The highest BCUT2D eigenvalue weighted by molar-refractivity contribution is 9.11. The second-order valence-corrected chi connectivity index (χ2v) is 6.27. The van der Waals surface area contributed by atoms with Gasteiger partial charge in [-0.25, -0.2) is 0 Å². The number of aromatic nitrogens is 1. The first-order valence-corrected chi connectivity index (χ1v) is 7.29. The fourth-order valence-corrected chi connectivity index (χ4v) is 3.26. The SMILES string of the molecule is CCNC(Cc1ccccn1)c1ccc(Br)s1. The van der Waals surface area contributed by atoms with Crippen LogP contribution in [0.2, 0.25) is 0 Å². The van der Waals surface area contributed by atoms with Gasteiger partial charge in [0.05, 0.1) is 3.79 Å². The largest absolute Gasteiger partial charge is 0.309 e. The molecule has 0 saturated heterocycles. The summed E-state index contributed by atoms with van der Waals surface area (Å²) in [5, 5.41) is 3.51. The first-order chi connectivity index (χ1) is 8.29. The highest BCUT2D eigenvalue weighted by Crippen LogP contribution is 2.28. The van der Waals surface area contributed by atoms with Gasteiger partial charge in [-0.1, -0.05) is 13.0 Å². The van der Waals surface area contributed by atoms with Crippen molar-refractivity contribution >= 4 is 27.3 Å². The van der Waals surface area contributed by atoms with Crippen molar-refractivity contribution in [3.63, 3.8) is 0 Å². The molecular weight excluding hydrogens is 296 g/mol. The summed E-state index contributed by atoms with van der Waals surface area (Å²) in [5.74, 6) is 0. The second-order valence-electron chi connectivity index (χ2n) is 3.78. The maximum atomic E-state index is 4.39. The van der Waals surface area contributed by atoms with Crippen LogP contribution in [0, 0.1) is 0 Å². The van der Waals surface area contributed by atoms with E-state index in [-0.39, 0.29) is 0 Å². The smallest absolute Gasteiger partial charge is 0.0701 e. The minimum atomic E-state index is 0.353. The van der Waals surface area contributed by atoms with Gasteiger partial charge in [0.2, 0.25) is 0 Å². The Hall–Kier alpha value is -0.710. The number of thiophene rings is 1. The minimum absolute atomic E-state index is 0.353. The summed E-state index contributed by atoms with van der Waals surface area (Å²) in [7, 11) is 0. The molecule has 0 fully saturated rings. The number of halogens is 1. The van der Waals surface area contributed by atoms with Crippen molar-refractivity contribution in [1.29, 1.82) is 0 Å². The first kappa shape index (κ1) is 12.7. The summed E-state index contributed by atoms with van der Waals surface area (Å²) in [6.07, 6.45) is 2.78. The number of pyridine rings is 1. The van der Waals surface area contributed by atoms with E-state index in [4.69, 9.17) is 0 Å². The molecule has 2 heterocycles. The average Bonchev–Trinajstić information content (AvgIpc) is 2.77. The van der Waals surface area contributed by atoms with Gasteiger partial charge in [0.25, 0.3) is 0 Å². The Kier molecular flexibility index (Phi) is 4.71. The third-order valence-corrected chi connectivity index (χ3v) is 4.26. The predicted octanol–water partition coefficient (Wildman–Crippen LogP) is 3.80. The van der Waals surface area contributed by atoms with Crippen LogP contribution in [-0.4, -0.2) is 11.5 Å². The van der Waals surface area contributed by atoms with Crippen molar-refractivity contribution in [2.24, 2.45) is 0 Å². The molecule has 0 aliphatic heterocycles. The van der Waals surface area contributed by atoms with Crippen LogP contribution in [0.1, 0.15) is 23.5 Å². The number of nitrogens with one attached hydrogen (secondary N) is 1. The highest BCUT2D eigenvalue weighted by atomic mass is 79.9. The highest BCUT2D eigenvalue weighted by Gasteiger charge is 2.13. The van der Waals surface area contributed by atoms with E-state index in [9.17, 15) is 0 Å². The van der Waals surface area contributed by atoms with Crippen LogP contribution in [0.5, 0.6) is 0 Å².